The lowest BCUT2D eigenvalue weighted by atomic mass is 10.2. The monoisotopic (exact) mass is 223 g/mol. The van der Waals surface area contributed by atoms with Crippen molar-refractivity contribution < 1.29 is 14.6 Å². The van der Waals surface area contributed by atoms with Gasteiger partial charge in [0.1, 0.15) is 0 Å². The molecule has 16 heavy (non-hydrogen) atoms. The van der Waals surface area contributed by atoms with E-state index >= 15 is 0 Å². The van der Waals surface area contributed by atoms with E-state index < -0.39 is 5.76 Å². The van der Waals surface area contributed by atoms with Crippen molar-refractivity contribution in [3.8, 4) is 0 Å². The Bertz CT molecular complexity index is 540. The molecular formula is C11H13NO4. The fraction of sp³-hybridized carbons (Fsp3) is 0.364. The van der Waals surface area contributed by atoms with Gasteiger partial charge in [-0.1, -0.05) is 6.07 Å². The number of oxazole rings is 1. The summed E-state index contributed by atoms with van der Waals surface area (Å²) in [6.45, 7) is 0.385. The molecule has 2 rings (SSSR count). The molecule has 1 aromatic carbocycles. The first-order valence-corrected chi connectivity index (χ1v) is 5.10. The Labute approximate surface area is 91.5 Å². The summed E-state index contributed by atoms with van der Waals surface area (Å²) in [4.78, 5) is 11.5. The predicted octanol–water partition coefficient (Wildman–Crippen LogP) is 0.469. The summed E-state index contributed by atoms with van der Waals surface area (Å²) < 4.78 is 6.53. The van der Waals surface area contributed by atoms with E-state index in [1.807, 2.05) is 0 Å². The van der Waals surface area contributed by atoms with Gasteiger partial charge in [0.2, 0.25) is 0 Å². The predicted molar refractivity (Wildman–Crippen MR) is 58.1 cm³/mol. The van der Waals surface area contributed by atoms with E-state index in [1.165, 1.54) is 4.57 Å². The first-order chi connectivity index (χ1) is 7.76. The third kappa shape index (κ3) is 1.87. The lowest BCUT2D eigenvalue weighted by Crippen LogP contribution is -2.14. The van der Waals surface area contributed by atoms with Crippen LogP contribution in [0.3, 0.4) is 0 Å². The number of aliphatic hydroxyl groups excluding tert-OH is 2. The number of fused-ring (bicyclic) bond motifs is 1. The molecule has 0 saturated heterocycles. The topological polar surface area (TPSA) is 75.6 Å². The Hall–Kier alpha value is -1.59. The van der Waals surface area contributed by atoms with Gasteiger partial charge in [0, 0.05) is 13.2 Å². The third-order valence-corrected chi connectivity index (χ3v) is 2.46. The molecule has 0 aliphatic rings. The zero-order valence-electron chi connectivity index (χ0n) is 8.72. The van der Waals surface area contributed by atoms with E-state index in [1.54, 1.807) is 18.2 Å². The van der Waals surface area contributed by atoms with E-state index in [4.69, 9.17) is 14.6 Å². The van der Waals surface area contributed by atoms with Crippen LogP contribution in [-0.2, 0) is 13.2 Å². The summed E-state index contributed by atoms with van der Waals surface area (Å²) >= 11 is 0. The Morgan fingerprint density at radius 2 is 2.12 bits per heavy atom. The quantitative estimate of drug-likeness (QED) is 0.790. The first kappa shape index (κ1) is 10.9. The molecule has 0 aliphatic carbocycles. The van der Waals surface area contributed by atoms with Crippen molar-refractivity contribution >= 4 is 11.1 Å². The average molecular weight is 223 g/mol. The fourth-order valence-corrected chi connectivity index (χ4v) is 1.65. The van der Waals surface area contributed by atoms with Crippen LogP contribution in [0.15, 0.2) is 27.4 Å². The number of benzene rings is 1. The summed E-state index contributed by atoms with van der Waals surface area (Å²) in [5, 5.41) is 17.7. The van der Waals surface area contributed by atoms with Gasteiger partial charge in [-0.05, 0) is 24.1 Å². The smallest absolute Gasteiger partial charge is 0.408 e. The van der Waals surface area contributed by atoms with E-state index in [9.17, 15) is 4.79 Å². The van der Waals surface area contributed by atoms with Crippen LogP contribution in [0.1, 0.15) is 12.0 Å². The largest absolute Gasteiger partial charge is 0.419 e. The van der Waals surface area contributed by atoms with Crippen LogP contribution in [0.2, 0.25) is 0 Å². The van der Waals surface area contributed by atoms with Gasteiger partial charge in [0.25, 0.3) is 0 Å². The van der Waals surface area contributed by atoms with Crippen molar-refractivity contribution in [3.05, 3.63) is 34.3 Å². The number of aliphatic hydroxyl groups is 2. The molecular weight excluding hydrogens is 210 g/mol. The molecule has 0 atom stereocenters. The van der Waals surface area contributed by atoms with Gasteiger partial charge in [0.05, 0.1) is 12.1 Å². The fourth-order valence-electron chi connectivity index (χ4n) is 1.65. The van der Waals surface area contributed by atoms with Crippen LogP contribution in [0.25, 0.3) is 11.1 Å². The van der Waals surface area contributed by atoms with Crippen molar-refractivity contribution in [2.45, 2.75) is 19.6 Å². The molecule has 2 aromatic rings. The molecule has 0 bridgehead atoms. The number of hydrogen-bond donors (Lipinski definition) is 2. The minimum absolute atomic E-state index is 0.0356. The molecule has 0 radical (unpaired) electrons. The minimum atomic E-state index is -0.432. The molecule has 5 heteroatoms. The molecule has 0 saturated carbocycles. The second-order valence-corrected chi connectivity index (χ2v) is 3.56. The van der Waals surface area contributed by atoms with Crippen LogP contribution in [0.5, 0.6) is 0 Å². The molecule has 0 unspecified atom stereocenters. The second kappa shape index (κ2) is 4.51. The van der Waals surface area contributed by atoms with Crippen molar-refractivity contribution in [2.24, 2.45) is 0 Å². The second-order valence-electron chi connectivity index (χ2n) is 3.56. The number of hydrogen-bond acceptors (Lipinski definition) is 4. The highest BCUT2D eigenvalue weighted by Gasteiger charge is 2.08. The van der Waals surface area contributed by atoms with Crippen molar-refractivity contribution in [2.75, 3.05) is 6.61 Å². The molecule has 0 amide bonds. The maximum atomic E-state index is 11.5. The highest BCUT2D eigenvalue weighted by molar-refractivity contribution is 5.73. The Kier molecular flexibility index (Phi) is 3.07. The summed E-state index contributed by atoms with van der Waals surface area (Å²) in [6.07, 6.45) is 0.510. The van der Waals surface area contributed by atoms with Gasteiger partial charge >= 0.3 is 5.76 Å². The molecule has 86 valence electrons. The van der Waals surface area contributed by atoms with Gasteiger partial charge in [0.15, 0.2) is 5.58 Å². The van der Waals surface area contributed by atoms with E-state index in [2.05, 4.69) is 0 Å². The van der Waals surface area contributed by atoms with Crippen LogP contribution in [0.4, 0.5) is 0 Å². The summed E-state index contributed by atoms with van der Waals surface area (Å²) in [6, 6.07) is 5.13. The molecule has 0 aliphatic heterocycles. The summed E-state index contributed by atoms with van der Waals surface area (Å²) in [5.74, 6) is -0.432. The minimum Gasteiger partial charge on any atom is -0.408 e. The van der Waals surface area contributed by atoms with Gasteiger partial charge in [-0.15, -0.1) is 0 Å². The summed E-state index contributed by atoms with van der Waals surface area (Å²) in [5.41, 5.74) is 1.86. The average Bonchev–Trinajstić information content (AvgIpc) is 2.61. The zero-order valence-corrected chi connectivity index (χ0v) is 8.72. The van der Waals surface area contributed by atoms with Crippen LogP contribution < -0.4 is 5.76 Å². The SMILES string of the molecule is O=c1oc2cc(CO)ccc2n1CCCO. The Morgan fingerprint density at radius 1 is 1.31 bits per heavy atom. The van der Waals surface area contributed by atoms with Gasteiger partial charge < -0.3 is 14.6 Å². The van der Waals surface area contributed by atoms with Crippen LogP contribution in [0, 0.1) is 0 Å². The van der Waals surface area contributed by atoms with Crippen LogP contribution in [-0.4, -0.2) is 21.4 Å². The molecule has 1 aromatic heterocycles. The lowest BCUT2D eigenvalue weighted by molar-refractivity contribution is 0.278. The number of aryl methyl sites for hydroxylation is 1. The van der Waals surface area contributed by atoms with Crippen molar-refractivity contribution in [1.82, 2.24) is 4.57 Å². The van der Waals surface area contributed by atoms with Crippen molar-refractivity contribution in [1.29, 1.82) is 0 Å². The van der Waals surface area contributed by atoms with Gasteiger partial charge in [-0.2, -0.15) is 0 Å². The standard InChI is InChI=1S/C11H13NO4/c13-5-1-4-12-9-3-2-8(7-14)6-10(9)16-11(12)15/h2-3,6,13-14H,1,4-5,7H2. The maximum absolute atomic E-state index is 11.5. The van der Waals surface area contributed by atoms with E-state index in [0.717, 1.165) is 0 Å². The summed E-state index contributed by atoms with van der Waals surface area (Å²) in [7, 11) is 0. The lowest BCUT2D eigenvalue weighted by Gasteiger charge is -2.00. The third-order valence-electron chi connectivity index (χ3n) is 2.46. The Morgan fingerprint density at radius 3 is 2.81 bits per heavy atom. The molecule has 0 spiro atoms. The normalized spacial score (nSPS) is 11.1. The maximum Gasteiger partial charge on any atom is 0.419 e. The first-order valence-electron chi connectivity index (χ1n) is 5.10. The number of rotatable bonds is 4. The molecule has 1 heterocycles. The number of nitrogens with zero attached hydrogens (tertiary/aromatic N) is 1. The van der Waals surface area contributed by atoms with Gasteiger partial charge in [-0.3, -0.25) is 4.57 Å². The van der Waals surface area contributed by atoms with E-state index in [0.29, 0.717) is 29.6 Å². The highest BCUT2D eigenvalue weighted by atomic mass is 16.4. The molecule has 0 fully saturated rings. The van der Waals surface area contributed by atoms with Gasteiger partial charge in [-0.25, -0.2) is 4.79 Å². The zero-order chi connectivity index (χ0) is 11.5. The number of aromatic nitrogens is 1. The molecule has 5 nitrogen and oxygen atoms in total. The molecule has 2 N–H and O–H groups in total. The Balaban J connectivity index is 2.49. The van der Waals surface area contributed by atoms with E-state index in [-0.39, 0.29) is 13.2 Å². The highest BCUT2D eigenvalue weighted by Crippen LogP contribution is 2.15. The van der Waals surface area contributed by atoms with Crippen molar-refractivity contribution in [3.63, 3.8) is 0 Å². The van der Waals surface area contributed by atoms with Crippen LogP contribution >= 0.6 is 0 Å².